The largest absolute Gasteiger partial charge is 0.495 e. The van der Waals surface area contributed by atoms with Crippen LogP contribution in [0.15, 0.2) is 41.1 Å². The Hall–Kier alpha value is -1.68. The van der Waals surface area contributed by atoms with E-state index in [4.69, 9.17) is 4.74 Å². The van der Waals surface area contributed by atoms with Crippen molar-refractivity contribution in [1.29, 1.82) is 0 Å². The summed E-state index contributed by atoms with van der Waals surface area (Å²) in [5.41, 5.74) is 2.13. The van der Waals surface area contributed by atoms with Gasteiger partial charge in [-0.2, -0.15) is 0 Å². The maximum absolute atomic E-state index is 12.4. The number of methoxy groups -OCH3 is 1. The normalized spacial score (nSPS) is 10.2. The Balaban J connectivity index is 2.44. The minimum atomic E-state index is -0.0554. The summed E-state index contributed by atoms with van der Waals surface area (Å²) in [6.45, 7) is 1.91. The van der Waals surface area contributed by atoms with Crippen LogP contribution in [0.1, 0.15) is 21.5 Å². The number of carbonyl (C=O) groups is 1. The summed E-state index contributed by atoms with van der Waals surface area (Å²) < 4.78 is 5.95. The molecular weight excluding hydrogens is 294 g/mol. The third-order valence-electron chi connectivity index (χ3n) is 2.66. The molecule has 0 unspecified atom stereocenters. The Bertz CT molecular complexity index is 596. The summed E-state index contributed by atoms with van der Waals surface area (Å²) in [7, 11) is 1.55. The van der Waals surface area contributed by atoms with Crippen molar-refractivity contribution in [3.63, 3.8) is 0 Å². The van der Waals surface area contributed by atoms with Crippen LogP contribution in [0.5, 0.6) is 5.75 Å². The Labute approximate surface area is 114 Å². The summed E-state index contributed by atoms with van der Waals surface area (Å²) in [4.78, 5) is 16.4. The SMILES string of the molecule is COc1cncc(C(=O)c2cc(Br)ccc2C)c1. The van der Waals surface area contributed by atoms with Crippen LogP contribution in [-0.2, 0) is 0 Å². The standard InChI is InChI=1S/C14H12BrNO2/c1-9-3-4-11(15)6-13(9)14(17)10-5-12(18-2)8-16-7-10/h3-8H,1-2H3. The molecule has 0 saturated carbocycles. The second kappa shape index (κ2) is 5.31. The molecule has 0 fully saturated rings. The predicted molar refractivity (Wildman–Crippen MR) is 73.1 cm³/mol. The smallest absolute Gasteiger partial charge is 0.195 e. The molecule has 0 bridgehead atoms. The Morgan fingerprint density at radius 2 is 2.06 bits per heavy atom. The van der Waals surface area contributed by atoms with Crippen molar-refractivity contribution in [3.8, 4) is 5.75 Å². The molecule has 92 valence electrons. The van der Waals surface area contributed by atoms with Gasteiger partial charge in [0.15, 0.2) is 5.78 Å². The highest BCUT2D eigenvalue weighted by Gasteiger charge is 2.13. The topological polar surface area (TPSA) is 39.2 Å². The first-order chi connectivity index (χ1) is 8.61. The zero-order valence-corrected chi connectivity index (χ0v) is 11.7. The van der Waals surface area contributed by atoms with Crippen LogP contribution in [0, 0.1) is 6.92 Å². The van der Waals surface area contributed by atoms with Gasteiger partial charge in [-0.1, -0.05) is 22.0 Å². The number of aryl methyl sites for hydroxylation is 1. The third-order valence-corrected chi connectivity index (χ3v) is 3.15. The van der Waals surface area contributed by atoms with E-state index in [2.05, 4.69) is 20.9 Å². The molecular formula is C14H12BrNO2. The van der Waals surface area contributed by atoms with E-state index in [0.29, 0.717) is 16.9 Å². The second-order valence-corrected chi connectivity index (χ2v) is 4.82. The molecule has 4 heteroatoms. The first-order valence-electron chi connectivity index (χ1n) is 5.41. The van der Waals surface area contributed by atoms with Crippen LogP contribution >= 0.6 is 15.9 Å². The molecule has 0 atom stereocenters. The van der Waals surface area contributed by atoms with Crippen molar-refractivity contribution < 1.29 is 9.53 Å². The highest BCUT2D eigenvalue weighted by atomic mass is 79.9. The zero-order chi connectivity index (χ0) is 13.1. The van der Waals surface area contributed by atoms with Gasteiger partial charge < -0.3 is 4.74 Å². The van der Waals surface area contributed by atoms with Crippen molar-refractivity contribution in [3.05, 3.63) is 57.8 Å². The van der Waals surface area contributed by atoms with Crippen molar-refractivity contribution in [2.45, 2.75) is 6.92 Å². The number of benzene rings is 1. The zero-order valence-electron chi connectivity index (χ0n) is 10.1. The van der Waals surface area contributed by atoms with Crippen molar-refractivity contribution >= 4 is 21.7 Å². The van der Waals surface area contributed by atoms with E-state index >= 15 is 0 Å². The van der Waals surface area contributed by atoms with E-state index in [1.165, 1.54) is 0 Å². The molecule has 0 aliphatic carbocycles. The number of nitrogens with zero attached hydrogens (tertiary/aromatic N) is 1. The highest BCUT2D eigenvalue weighted by Crippen LogP contribution is 2.20. The van der Waals surface area contributed by atoms with Gasteiger partial charge in [0.25, 0.3) is 0 Å². The molecule has 1 aromatic carbocycles. The molecule has 3 nitrogen and oxygen atoms in total. The summed E-state index contributed by atoms with van der Waals surface area (Å²) in [5.74, 6) is 0.522. The molecule has 0 spiro atoms. The van der Waals surface area contributed by atoms with Gasteiger partial charge in [-0.3, -0.25) is 9.78 Å². The predicted octanol–water partition coefficient (Wildman–Crippen LogP) is 3.39. The molecule has 0 aliphatic rings. The minimum absolute atomic E-state index is 0.0554. The fraction of sp³-hybridized carbons (Fsp3) is 0.143. The minimum Gasteiger partial charge on any atom is -0.495 e. The average molecular weight is 306 g/mol. The number of halogens is 1. The summed E-state index contributed by atoms with van der Waals surface area (Å²) >= 11 is 3.37. The van der Waals surface area contributed by atoms with E-state index in [-0.39, 0.29) is 5.78 Å². The third kappa shape index (κ3) is 2.59. The quantitative estimate of drug-likeness (QED) is 0.816. The molecule has 0 amide bonds. The molecule has 0 radical (unpaired) electrons. The summed E-state index contributed by atoms with van der Waals surface area (Å²) in [6.07, 6.45) is 3.12. The number of ether oxygens (including phenoxy) is 1. The lowest BCUT2D eigenvalue weighted by Gasteiger charge is -2.06. The molecule has 0 aliphatic heterocycles. The van der Waals surface area contributed by atoms with Crippen LogP contribution in [0.4, 0.5) is 0 Å². The van der Waals surface area contributed by atoms with Gasteiger partial charge in [-0.15, -0.1) is 0 Å². The Morgan fingerprint density at radius 3 is 2.78 bits per heavy atom. The van der Waals surface area contributed by atoms with Crippen LogP contribution < -0.4 is 4.74 Å². The average Bonchev–Trinajstić information content (AvgIpc) is 2.41. The lowest BCUT2D eigenvalue weighted by molar-refractivity contribution is 0.103. The molecule has 1 aromatic heterocycles. The number of rotatable bonds is 3. The lowest BCUT2D eigenvalue weighted by atomic mass is 10.0. The molecule has 2 aromatic rings. The van der Waals surface area contributed by atoms with Gasteiger partial charge in [0.2, 0.25) is 0 Å². The van der Waals surface area contributed by atoms with Gasteiger partial charge in [-0.05, 0) is 30.7 Å². The van der Waals surface area contributed by atoms with E-state index in [9.17, 15) is 4.79 Å². The monoisotopic (exact) mass is 305 g/mol. The number of carbonyl (C=O) groups excluding carboxylic acids is 1. The molecule has 18 heavy (non-hydrogen) atoms. The first-order valence-corrected chi connectivity index (χ1v) is 6.21. The van der Waals surface area contributed by atoms with Crippen molar-refractivity contribution in [2.75, 3.05) is 7.11 Å². The van der Waals surface area contributed by atoms with Crippen molar-refractivity contribution in [2.24, 2.45) is 0 Å². The molecule has 0 saturated heterocycles. The number of hydrogen-bond donors (Lipinski definition) is 0. The Kier molecular flexibility index (Phi) is 3.77. The van der Waals surface area contributed by atoms with Gasteiger partial charge in [0.1, 0.15) is 5.75 Å². The van der Waals surface area contributed by atoms with E-state index in [1.807, 2.05) is 25.1 Å². The van der Waals surface area contributed by atoms with E-state index in [1.54, 1.807) is 25.6 Å². The fourth-order valence-electron chi connectivity index (χ4n) is 1.65. The number of aromatic nitrogens is 1. The maximum Gasteiger partial charge on any atom is 0.195 e. The number of ketones is 1. The van der Waals surface area contributed by atoms with E-state index < -0.39 is 0 Å². The van der Waals surface area contributed by atoms with Gasteiger partial charge in [-0.25, -0.2) is 0 Å². The maximum atomic E-state index is 12.4. The molecule has 0 N–H and O–H groups in total. The number of pyridine rings is 1. The van der Waals surface area contributed by atoms with Gasteiger partial charge in [0.05, 0.1) is 13.3 Å². The Morgan fingerprint density at radius 1 is 1.28 bits per heavy atom. The van der Waals surface area contributed by atoms with Crippen LogP contribution in [0.3, 0.4) is 0 Å². The van der Waals surface area contributed by atoms with Crippen molar-refractivity contribution in [1.82, 2.24) is 4.98 Å². The van der Waals surface area contributed by atoms with Crippen LogP contribution in [-0.4, -0.2) is 17.9 Å². The molecule has 1 heterocycles. The van der Waals surface area contributed by atoms with Gasteiger partial charge in [0, 0.05) is 21.8 Å². The van der Waals surface area contributed by atoms with Crippen LogP contribution in [0.2, 0.25) is 0 Å². The second-order valence-electron chi connectivity index (χ2n) is 3.90. The highest BCUT2D eigenvalue weighted by molar-refractivity contribution is 9.10. The van der Waals surface area contributed by atoms with E-state index in [0.717, 1.165) is 10.0 Å². The molecule has 2 rings (SSSR count). The summed E-state index contributed by atoms with van der Waals surface area (Å²) in [5, 5.41) is 0. The first kappa shape index (κ1) is 12.8. The number of hydrogen-bond acceptors (Lipinski definition) is 3. The summed E-state index contributed by atoms with van der Waals surface area (Å²) in [6, 6.07) is 7.33. The fourth-order valence-corrected chi connectivity index (χ4v) is 2.01. The lowest BCUT2D eigenvalue weighted by Crippen LogP contribution is -2.04. The van der Waals surface area contributed by atoms with Crippen LogP contribution in [0.25, 0.3) is 0 Å². The van der Waals surface area contributed by atoms with Gasteiger partial charge >= 0.3 is 0 Å².